The van der Waals surface area contributed by atoms with Crippen LogP contribution in [0.25, 0.3) is 0 Å². The number of hydrogen-bond donors (Lipinski definition) is 1. The van der Waals surface area contributed by atoms with Crippen molar-refractivity contribution in [2.75, 3.05) is 6.61 Å². The third-order valence-corrected chi connectivity index (χ3v) is 4.54. The number of ketones is 1. The Bertz CT molecular complexity index is 331. The van der Waals surface area contributed by atoms with Crippen LogP contribution in [0, 0.1) is 5.92 Å². The van der Waals surface area contributed by atoms with E-state index in [1.807, 2.05) is 6.92 Å². The van der Waals surface area contributed by atoms with E-state index in [-0.39, 0.29) is 17.9 Å². The van der Waals surface area contributed by atoms with E-state index in [9.17, 15) is 9.59 Å². The van der Waals surface area contributed by atoms with Crippen LogP contribution < -0.4 is 5.32 Å². The van der Waals surface area contributed by atoms with Gasteiger partial charge in [0.1, 0.15) is 5.78 Å². The Morgan fingerprint density at radius 3 is 2.50 bits per heavy atom. The summed E-state index contributed by atoms with van der Waals surface area (Å²) < 4.78 is 5.75. The second-order valence-corrected chi connectivity index (χ2v) is 6.13. The van der Waals surface area contributed by atoms with Crippen molar-refractivity contribution >= 4 is 11.7 Å². The molecular weight excluding hydrogens is 254 g/mol. The second kappa shape index (κ2) is 7.77. The van der Waals surface area contributed by atoms with E-state index in [0.29, 0.717) is 31.3 Å². The molecule has 1 N–H and O–H groups in total. The van der Waals surface area contributed by atoms with Gasteiger partial charge in [0, 0.05) is 24.8 Å². The number of ether oxygens (including phenoxy) is 1. The van der Waals surface area contributed by atoms with Crippen LogP contribution in [0.15, 0.2) is 0 Å². The van der Waals surface area contributed by atoms with E-state index in [1.54, 1.807) is 0 Å². The smallest absolute Gasteiger partial charge is 0.222 e. The van der Waals surface area contributed by atoms with Crippen molar-refractivity contribution in [3.05, 3.63) is 0 Å². The summed E-state index contributed by atoms with van der Waals surface area (Å²) in [5.41, 5.74) is 0. The average molecular weight is 281 g/mol. The van der Waals surface area contributed by atoms with Crippen LogP contribution in [0.5, 0.6) is 0 Å². The summed E-state index contributed by atoms with van der Waals surface area (Å²) in [5.74, 6) is 0.577. The molecule has 0 radical (unpaired) electrons. The fourth-order valence-corrected chi connectivity index (χ4v) is 3.14. The molecular formula is C16H27NO3. The third kappa shape index (κ3) is 4.58. The molecule has 0 heterocycles. The van der Waals surface area contributed by atoms with Crippen LogP contribution in [-0.2, 0) is 14.3 Å². The first-order chi connectivity index (χ1) is 9.69. The van der Waals surface area contributed by atoms with Gasteiger partial charge in [0.15, 0.2) is 0 Å². The lowest BCUT2D eigenvalue weighted by atomic mass is 9.77. The number of carbonyl (C=O) groups excluding carboxylic acids is 2. The Morgan fingerprint density at radius 1 is 1.15 bits per heavy atom. The summed E-state index contributed by atoms with van der Waals surface area (Å²) in [5, 5.41) is 2.99. The maximum atomic E-state index is 11.8. The number of Topliss-reactive ketones (excluding diaryl/α,β-unsaturated/α-hetero) is 1. The Kier molecular flexibility index (Phi) is 6.02. The molecule has 2 aliphatic rings. The Morgan fingerprint density at radius 2 is 1.85 bits per heavy atom. The Balaban J connectivity index is 1.52. The van der Waals surface area contributed by atoms with E-state index in [4.69, 9.17) is 4.74 Å². The second-order valence-electron chi connectivity index (χ2n) is 6.13. The van der Waals surface area contributed by atoms with Gasteiger partial charge in [-0.15, -0.1) is 0 Å². The lowest BCUT2D eigenvalue weighted by Gasteiger charge is -2.34. The number of amides is 1. The van der Waals surface area contributed by atoms with Crippen LogP contribution in [-0.4, -0.2) is 30.4 Å². The molecule has 0 bridgehead atoms. The maximum Gasteiger partial charge on any atom is 0.222 e. The summed E-state index contributed by atoms with van der Waals surface area (Å²) in [4.78, 5) is 23.2. The highest BCUT2D eigenvalue weighted by molar-refractivity contribution is 5.82. The maximum absolute atomic E-state index is 11.8. The monoisotopic (exact) mass is 281 g/mol. The van der Waals surface area contributed by atoms with Crippen molar-refractivity contribution in [1.29, 1.82) is 0 Å². The summed E-state index contributed by atoms with van der Waals surface area (Å²) >= 11 is 0. The average Bonchev–Trinajstić information content (AvgIpc) is 2.43. The van der Waals surface area contributed by atoms with Crippen molar-refractivity contribution in [3.8, 4) is 0 Å². The van der Waals surface area contributed by atoms with Crippen LogP contribution in [0.1, 0.15) is 64.7 Å². The minimum atomic E-state index is 0.0632. The Labute approximate surface area is 121 Å². The standard InChI is InChI=1S/C16H27NO3/c1-2-15(18)12-10-13(11-12)17-16(19)8-9-20-14-6-4-3-5-7-14/h12-14H,2-11H2,1H3,(H,17,19). The zero-order chi connectivity index (χ0) is 14.4. The van der Waals surface area contributed by atoms with E-state index < -0.39 is 0 Å². The zero-order valence-corrected chi connectivity index (χ0v) is 12.5. The van der Waals surface area contributed by atoms with E-state index in [2.05, 4.69) is 5.32 Å². The van der Waals surface area contributed by atoms with Gasteiger partial charge in [-0.2, -0.15) is 0 Å². The first-order valence-corrected chi connectivity index (χ1v) is 8.12. The fourth-order valence-electron chi connectivity index (χ4n) is 3.14. The van der Waals surface area contributed by atoms with Gasteiger partial charge in [-0.3, -0.25) is 9.59 Å². The van der Waals surface area contributed by atoms with Gasteiger partial charge in [0.25, 0.3) is 0 Å². The van der Waals surface area contributed by atoms with Crippen molar-refractivity contribution in [3.63, 3.8) is 0 Å². The SMILES string of the molecule is CCC(=O)C1CC(NC(=O)CCOC2CCCCC2)C1. The van der Waals surface area contributed by atoms with Crippen molar-refractivity contribution in [1.82, 2.24) is 5.32 Å². The lowest BCUT2D eigenvalue weighted by Crippen LogP contribution is -2.46. The van der Waals surface area contributed by atoms with Gasteiger partial charge in [-0.25, -0.2) is 0 Å². The topological polar surface area (TPSA) is 55.4 Å². The van der Waals surface area contributed by atoms with Crippen LogP contribution in [0.2, 0.25) is 0 Å². The largest absolute Gasteiger partial charge is 0.378 e. The fraction of sp³-hybridized carbons (Fsp3) is 0.875. The highest BCUT2D eigenvalue weighted by Gasteiger charge is 2.34. The van der Waals surface area contributed by atoms with Crippen LogP contribution >= 0.6 is 0 Å². The molecule has 0 aliphatic heterocycles. The van der Waals surface area contributed by atoms with Crippen LogP contribution in [0.3, 0.4) is 0 Å². The van der Waals surface area contributed by atoms with Gasteiger partial charge in [-0.05, 0) is 25.7 Å². The summed E-state index contributed by atoms with van der Waals surface area (Å²) in [6.07, 6.45) is 9.18. The van der Waals surface area contributed by atoms with Gasteiger partial charge in [0.2, 0.25) is 5.91 Å². The zero-order valence-electron chi connectivity index (χ0n) is 12.5. The first-order valence-electron chi connectivity index (χ1n) is 8.12. The third-order valence-electron chi connectivity index (χ3n) is 4.54. The summed E-state index contributed by atoms with van der Waals surface area (Å²) in [6.45, 7) is 2.43. The van der Waals surface area contributed by atoms with E-state index in [1.165, 1.54) is 19.3 Å². The molecule has 4 nitrogen and oxygen atoms in total. The molecule has 2 fully saturated rings. The number of nitrogens with one attached hydrogen (secondary N) is 1. The van der Waals surface area contributed by atoms with Crippen molar-refractivity contribution in [2.45, 2.75) is 76.9 Å². The molecule has 0 atom stereocenters. The number of rotatable bonds is 7. The van der Waals surface area contributed by atoms with E-state index in [0.717, 1.165) is 25.7 Å². The quantitative estimate of drug-likeness (QED) is 0.780. The normalized spacial score (nSPS) is 26.9. The molecule has 0 aromatic heterocycles. The number of carbonyl (C=O) groups is 2. The highest BCUT2D eigenvalue weighted by Crippen LogP contribution is 2.29. The lowest BCUT2D eigenvalue weighted by molar-refractivity contribution is -0.129. The first kappa shape index (κ1) is 15.5. The predicted octanol–water partition coefficient (Wildman–Crippen LogP) is 2.60. The molecule has 114 valence electrons. The molecule has 2 aliphatic carbocycles. The highest BCUT2D eigenvalue weighted by atomic mass is 16.5. The molecule has 20 heavy (non-hydrogen) atoms. The predicted molar refractivity (Wildman–Crippen MR) is 77.4 cm³/mol. The summed E-state index contributed by atoms with van der Waals surface area (Å²) in [7, 11) is 0. The molecule has 4 heteroatoms. The molecule has 2 saturated carbocycles. The molecule has 1 amide bonds. The molecule has 2 rings (SSSR count). The van der Waals surface area contributed by atoms with Gasteiger partial charge >= 0.3 is 0 Å². The van der Waals surface area contributed by atoms with Crippen molar-refractivity contribution < 1.29 is 14.3 Å². The number of hydrogen-bond acceptors (Lipinski definition) is 3. The minimum Gasteiger partial charge on any atom is -0.378 e. The Hall–Kier alpha value is -0.900. The van der Waals surface area contributed by atoms with Gasteiger partial charge in [-0.1, -0.05) is 26.2 Å². The van der Waals surface area contributed by atoms with Gasteiger partial charge < -0.3 is 10.1 Å². The molecule has 0 aromatic carbocycles. The van der Waals surface area contributed by atoms with E-state index >= 15 is 0 Å². The summed E-state index contributed by atoms with van der Waals surface area (Å²) in [6, 6.07) is 0.206. The van der Waals surface area contributed by atoms with Gasteiger partial charge in [0.05, 0.1) is 12.7 Å². The molecule has 0 aromatic rings. The molecule has 0 unspecified atom stereocenters. The molecule has 0 saturated heterocycles. The minimum absolute atomic E-state index is 0.0632. The van der Waals surface area contributed by atoms with Crippen molar-refractivity contribution in [2.24, 2.45) is 5.92 Å². The molecule has 0 spiro atoms. The van der Waals surface area contributed by atoms with Crippen LogP contribution in [0.4, 0.5) is 0 Å².